The second-order valence-corrected chi connectivity index (χ2v) is 7.57. The smallest absolute Gasteiger partial charge is 0.224 e. The quantitative estimate of drug-likeness (QED) is 0.520. The van der Waals surface area contributed by atoms with E-state index in [4.69, 9.17) is 25.8 Å². The zero-order valence-corrected chi connectivity index (χ0v) is 17.6. The van der Waals surface area contributed by atoms with Crippen molar-refractivity contribution in [2.75, 3.05) is 20.3 Å². The van der Waals surface area contributed by atoms with Crippen LogP contribution in [0.2, 0.25) is 5.02 Å². The fourth-order valence-corrected chi connectivity index (χ4v) is 3.93. The third kappa shape index (κ3) is 4.20. The molecule has 7 nitrogen and oxygen atoms in total. The standard InChI is InChI=1S/C22H27ClO7/c1-3-29-17-7-5-4-6-13(17)10-14-11-15(8-9-16(14)23)22(28-2)21(27)20(26)19(25)18(12-24)30-22/h4-9,11,18-21,24-27H,3,10,12H2,1-2H3/t18-,19-,20+,21-,22?/m1/s1. The van der Waals surface area contributed by atoms with Crippen LogP contribution in [0, 0.1) is 0 Å². The van der Waals surface area contributed by atoms with Gasteiger partial charge in [0, 0.05) is 24.1 Å². The van der Waals surface area contributed by atoms with E-state index < -0.39 is 36.8 Å². The van der Waals surface area contributed by atoms with Gasteiger partial charge >= 0.3 is 0 Å². The van der Waals surface area contributed by atoms with Crippen LogP contribution < -0.4 is 4.74 Å². The Morgan fingerprint density at radius 1 is 1.07 bits per heavy atom. The molecule has 0 radical (unpaired) electrons. The predicted octanol–water partition coefficient (Wildman–Crippen LogP) is 1.60. The van der Waals surface area contributed by atoms with Gasteiger partial charge in [0.05, 0.1) is 13.2 Å². The Morgan fingerprint density at radius 3 is 2.47 bits per heavy atom. The zero-order valence-electron chi connectivity index (χ0n) is 16.9. The third-order valence-electron chi connectivity index (χ3n) is 5.35. The number of aliphatic hydroxyl groups is 4. The van der Waals surface area contributed by atoms with Crippen molar-refractivity contribution in [3.05, 3.63) is 64.2 Å². The number of halogens is 1. The fraction of sp³-hybridized carbons (Fsp3) is 0.455. The van der Waals surface area contributed by atoms with Gasteiger partial charge in [-0.25, -0.2) is 0 Å². The van der Waals surface area contributed by atoms with E-state index in [0.29, 0.717) is 23.6 Å². The van der Waals surface area contributed by atoms with E-state index in [1.807, 2.05) is 31.2 Å². The lowest BCUT2D eigenvalue weighted by atomic mass is 9.87. The molecule has 0 saturated carbocycles. The van der Waals surface area contributed by atoms with E-state index in [1.54, 1.807) is 18.2 Å². The van der Waals surface area contributed by atoms with Gasteiger partial charge < -0.3 is 34.6 Å². The van der Waals surface area contributed by atoms with Crippen LogP contribution in [-0.2, 0) is 21.7 Å². The first-order valence-corrected chi connectivity index (χ1v) is 10.1. The summed E-state index contributed by atoms with van der Waals surface area (Å²) >= 11 is 6.43. The number of hydrogen-bond acceptors (Lipinski definition) is 7. The fourth-order valence-electron chi connectivity index (χ4n) is 3.74. The Labute approximate surface area is 180 Å². The minimum atomic E-state index is -1.79. The first kappa shape index (κ1) is 23.0. The van der Waals surface area contributed by atoms with Crippen molar-refractivity contribution in [2.24, 2.45) is 0 Å². The molecule has 5 atom stereocenters. The number of hydrogen-bond donors (Lipinski definition) is 4. The minimum Gasteiger partial charge on any atom is -0.494 e. The van der Waals surface area contributed by atoms with Crippen molar-refractivity contribution in [1.29, 1.82) is 0 Å². The molecule has 0 aliphatic carbocycles. The molecule has 1 saturated heterocycles. The molecule has 1 aliphatic rings. The molecule has 1 fully saturated rings. The van der Waals surface area contributed by atoms with Crippen LogP contribution in [0.15, 0.2) is 42.5 Å². The molecule has 3 rings (SSSR count). The maximum Gasteiger partial charge on any atom is 0.224 e. The van der Waals surface area contributed by atoms with Crippen LogP contribution in [0.3, 0.4) is 0 Å². The second kappa shape index (κ2) is 9.62. The van der Waals surface area contributed by atoms with Crippen LogP contribution in [-0.4, -0.2) is 65.2 Å². The molecule has 0 aromatic heterocycles. The molecule has 2 aromatic rings. The van der Waals surface area contributed by atoms with Gasteiger partial charge in [-0.3, -0.25) is 0 Å². The lowest BCUT2D eigenvalue weighted by molar-refractivity contribution is -0.366. The van der Waals surface area contributed by atoms with E-state index in [9.17, 15) is 20.4 Å². The van der Waals surface area contributed by atoms with E-state index >= 15 is 0 Å². The number of para-hydroxylation sites is 1. The summed E-state index contributed by atoms with van der Waals surface area (Å²) < 4.78 is 17.0. The van der Waals surface area contributed by atoms with Gasteiger partial charge in [0.25, 0.3) is 0 Å². The van der Waals surface area contributed by atoms with Gasteiger partial charge in [-0.1, -0.05) is 35.9 Å². The number of rotatable bonds is 7. The van der Waals surface area contributed by atoms with Crippen molar-refractivity contribution in [1.82, 2.24) is 0 Å². The monoisotopic (exact) mass is 438 g/mol. The number of ether oxygens (including phenoxy) is 3. The summed E-state index contributed by atoms with van der Waals surface area (Å²) in [6, 6.07) is 12.6. The zero-order chi connectivity index (χ0) is 21.9. The molecule has 0 amide bonds. The summed E-state index contributed by atoms with van der Waals surface area (Å²) in [5.41, 5.74) is 2.06. The highest BCUT2D eigenvalue weighted by Gasteiger charge is 2.55. The first-order valence-electron chi connectivity index (χ1n) is 9.75. The van der Waals surface area contributed by atoms with Crippen molar-refractivity contribution in [2.45, 2.75) is 43.5 Å². The van der Waals surface area contributed by atoms with Crippen LogP contribution in [0.5, 0.6) is 5.75 Å². The molecule has 0 spiro atoms. The Bertz CT molecular complexity index is 859. The summed E-state index contributed by atoms with van der Waals surface area (Å²) in [5, 5.41) is 41.1. The van der Waals surface area contributed by atoms with Crippen molar-refractivity contribution in [3.8, 4) is 5.75 Å². The molecule has 1 unspecified atom stereocenters. The normalized spacial score (nSPS) is 29.0. The lowest BCUT2D eigenvalue weighted by Crippen LogP contribution is -2.64. The number of aliphatic hydroxyl groups excluding tert-OH is 4. The molecule has 1 heterocycles. The summed E-state index contributed by atoms with van der Waals surface area (Å²) in [5.74, 6) is -1.04. The largest absolute Gasteiger partial charge is 0.494 e. The summed E-state index contributed by atoms with van der Waals surface area (Å²) in [6.45, 7) is 1.88. The Hall–Kier alpha value is -1.71. The van der Waals surface area contributed by atoms with Crippen LogP contribution in [0.1, 0.15) is 23.6 Å². The van der Waals surface area contributed by atoms with E-state index in [1.165, 1.54) is 7.11 Å². The Kier molecular flexibility index (Phi) is 7.36. The van der Waals surface area contributed by atoms with Crippen molar-refractivity contribution < 1.29 is 34.6 Å². The first-order chi connectivity index (χ1) is 14.4. The van der Waals surface area contributed by atoms with Crippen LogP contribution in [0.4, 0.5) is 0 Å². The molecule has 1 aliphatic heterocycles. The maximum absolute atomic E-state index is 10.7. The number of benzene rings is 2. The summed E-state index contributed by atoms with van der Waals surface area (Å²) in [6.07, 6.45) is -5.31. The SMILES string of the molecule is CCOc1ccccc1Cc1cc(C2(OC)O[C@H](CO)[C@@H](O)[C@H](O)[C@H]2O)ccc1Cl. The molecule has 0 bridgehead atoms. The van der Waals surface area contributed by atoms with E-state index in [2.05, 4.69) is 0 Å². The van der Waals surface area contributed by atoms with Gasteiger partial charge in [0.1, 0.15) is 30.2 Å². The average Bonchev–Trinajstić information content (AvgIpc) is 2.76. The van der Waals surface area contributed by atoms with Crippen LogP contribution in [0.25, 0.3) is 0 Å². The van der Waals surface area contributed by atoms with E-state index in [0.717, 1.165) is 16.9 Å². The molecule has 8 heteroatoms. The maximum atomic E-state index is 10.7. The number of methoxy groups -OCH3 is 1. The van der Waals surface area contributed by atoms with E-state index in [-0.39, 0.29) is 0 Å². The van der Waals surface area contributed by atoms with Crippen molar-refractivity contribution >= 4 is 11.6 Å². The molecule has 2 aromatic carbocycles. The molecular formula is C22H27ClO7. The molecule has 4 N–H and O–H groups in total. The lowest BCUT2D eigenvalue weighted by Gasteiger charge is -2.47. The summed E-state index contributed by atoms with van der Waals surface area (Å²) in [4.78, 5) is 0. The van der Waals surface area contributed by atoms with Crippen molar-refractivity contribution in [3.63, 3.8) is 0 Å². The third-order valence-corrected chi connectivity index (χ3v) is 5.72. The molecule has 164 valence electrons. The second-order valence-electron chi connectivity index (χ2n) is 7.16. The van der Waals surface area contributed by atoms with Crippen LogP contribution >= 0.6 is 11.6 Å². The average molecular weight is 439 g/mol. The highest BCUT2D eigenvalue weighted by molar-refractivity contribution is 6.31. The van der Waals surface area contributed by atoms with Gasteiger partial charge in [0.2, 0.25) is 5.79 Å². The highest BCUT2D eigenvalue weighted by atomic mass is 35.5. The van der Waals surface area contributed by atoms with Gasteiger partial charge in [-0.2, -0.15) is 0 Å². The van der Waals surface area contributed by atoms with Gasteiger partial charge in [0.15, 0.2) is 0 Å². The van der Waals surface area contributed by atoms with Gasteiger partial charge in [-0.05, 0) is 36.2 Å². The Morgan fingerprint density at radius 2 is 1.80 bits per heavy atom. The Balaban J connectivity index is 2.01. The minimum absolute atomic E-state index is 0.398. The molecular weight excluding hydrogens is 412 g/mol. The topological polar surface area (TPSA) is 109 Å². The predicted molar refractivity (Wildman–Crippen MR) is 111 cm³/mol. The summed E-state index contributed by atoms with van der Waals surface area (Å²) in [7, 11) is 1.32. The van der Waals surface area contributed by atoms with Gasteiger partial charge in [-0.15, -0.1) is 0 Å². The molecule has 30 heavy (non-hydrogen) atoms. The highest BCUT2D eigenvalue weighted by Crippen LogP contribution is 2.40.